The summed E-state index contributed by atoms with van der Waals surface area (Å²) < 4.78 is 2.81. The maximum atomic E-state index is 4.60. The lowest BCUT2D eigenvalue weighted by Crippen LogP contribution is -2.18. The van der Waals surface area contributed by atoms with Crippen LogP contribution < -0.4 is 0 Å². The van der Waals surface area contributed by atoms with Crippen molar-refractivity contribution in [2.45, 2.75) is 78.1 Å². The zero-order valence-electron chi connectivity index (χ0n) is 17.4. The summed E-state index contributed by atoms with van der Waals surface area (Å²) in [6, 6.07) is 4.75. The largest absolute Gasteiger partial charge is 0.236 e. The smallest absolute Gasteiger partial charge is 0.169 e. The Morgan fingerprint density at radius 2 is 1.68 bits per heavy atom. The number of aryl methyl sites for hydroxylation is 1. The normalized spacial score (nSPS) is 21.2. The molecule has 3 aromatic rings. The van der Waals surface area contributed by atoms with Gasteiger partial charge in [0.2, 0.25) is 0 Å². The van der Waals surface area contributed by atoms with Crippen LogP contribution in [0.15, 0.2) is 24.5 Å². The molecule has 1 aliphatic carbocycles. The van der Waals surface area contributed by atoms with Crippen molar-refractivity contribution < 1.29 is 0 Å². The summed E-state index contributed by atoms with van der Waals surface area (Å²) in [4.78, 5) is 12.0. The molecule has 3 aromatic heterocycles. The van der Waals surface area contributed by atoms with E-state index in [1.54, 1.807) is 4.88 Å². The van der Waals surface area contributed by atoms with E-state index in [1.165, 1.54) is 58.4 Å². The zero-order valence-corrected chi connectivity index (χ0v) is 19.0. The van der Waals surface area contributed by atoms with Gasteiger partial charge in [-0.1, -0.05) is 52.9 Å². The van der Waals surface area contributed by atoms with Gasteiger partial charge in [0.05, 0.1) is 4.88 Å². The molecule has 0 saturated heterocycles. The molecule has 28 heavy (non-hydrogen) atoms. The fourth-order valence-corrected chi connectivity index (χ4v) is 7.21. The van der Waals surface area contributed by atoms with Crippen molar-refractivity contribution in [3.63, 3.8) is 0 Å². The van der Waals surface area contributed by atoms with Crippen LogP contribution in [-0.4, -0.2) is 9.97 Å². The summed E-state index contributed by atoms with van der Waals surface area (Å²) in [7, 11) is 0. The Kier molecular flexibility index (Phi) is 6.47. The van der Waals surface area contributed by atoms with Crippen molar-refractivity contribution in [1.29, 1.82) is 0 Å². The van der Waals surface area contributed by atoms with Crippen molar-refractivity contribution in [2.75, 3.05) is 0 Å². The molecule has 0 aromatic carbocycles. The minimum absolute atomic E-state index is 0.695. The van der Waals surface area contributed by atoms with Crippen LogP contribution in [0.2, 0.25) is 0 Å². The molecule has 1 saturated carbocycles. The van der Waals surface area contributed by atoms with Crippen LogP contribution >= 0.6 is 22.7 Å². The van der Waals surface area contributed by atoms with Gasteiger partial charge < -0.3 is 0 Å². The molecule has 4 rings (SSSR count). The Balaban J connectivity index is 1.45. The van der Waals surface area contributed by atoms with E-state index in [0.717, 1.165) is 30.5 Å². The van der Waals surface area contributed by atoms with E-state index in [0.29, 0.717) is 5.92 Å². The Morgan fingerprint density at radius 3 is 2.32 bits per heavy atom. The van der Waals surface area contributed by atoms with E-state index in [4.69, 9.17) is 0 Å². The first kappa shape index (κ1) is 20.0. The molecule has 4 heteroatoms. The Hall–Kier alpha value is -1.26. The van der Waals surface area contributed by atoms with Gasteiger partial charge in [-0.25, -0.2) is 9.97 Å². The number of hydrogen-bond donors (Lipinski definition) is 0. The van der Waals surface area contributed by atoms with E-state index in [-0.39, 0.29) is 0 Å². The number of fused-ring (bicyclic) bond motifs is 1. The van der Waals surface area contributed by atoms with Crippen LogP contribution in [0.3, 0.4) is 0 Å². The maximum Gasteiger partial charge on any atom is 0.169 e. The highest BCUT2D eigenvalue weighted by Crippen LogP contribution is 2.44. The second-order valence-corrected chi connectivity index (χ2v) is 10.7. The fraction of sp³-hybridized carbons (Fsp3) is 0.583. The number of aromatic nitrogens is 2. The third-order valence-electron chi connectivity index (χ3n) is 6.43. The van der Waals surface area contributed by atoms with E-state index in [2.05, 4.69) is 42.9 Å². The molecule has 150 valence electrons. The average molecular weight is 413 g/mol. The first-order valence-electron chi connectivity index (χ1n) is 11.0. The number of rotatable bonds is 7. The average Bonchev–Trinajstić information content (AvgIpc) is 3.28. The lowest BCUT2D eigenvalue weighted by atomic mass is 9.75. The van der Waals surface area contributed by atoms with Crippen LogP contribution in [0.1, 0.15) is 82.1 Å². The van der Waals surface area contributed by atoms with Crippen LogP contribution in [0.25, 0.3) is 20.1 Å². The minimum atomic E-state index is 0.695. The molecule has 3 heterocycles. The maximum absolute atomic E-state index is 4.60. The quantitative estimate of drug-likeness (QED) is 0.392. The molecule has 2 nitrogen and oxygen atoms in total. The molecule has 1 unspecified atom stereocenters. The van der Waals surface area contributed by atoms with Gasteiger partial charge in [0.1, 0.15) is 0 Å². The van der Waals surface area contributed by atoms with Gasteiger partial charge in [-0.2, -0.15) is 0 Å². The molecule has 0 radical (unpaired) electrons. The summed E-state index contributed by atoms with van der Waals surface area (Å²) in [6.07, 6.45) is 14.7. The second-order valence-electron chi connectivity index (χ2n) is 8.51. The molecule has 0 N–H and O–H groups in total. The lowest BCUT2D eigenvalue weighted by molar-refractivity contribution is 0.240. The molecule has 0 bridgehead atoms. The van der Waals surface area contributed by atoms with Crippen LogP contribution in [0.4, 0.5) is 0 Å². The monoisotopic (exact) mass is 412 g/mol. The summed E-state index contributed by atoms with van der Waals surface area (Å²) in [5, 5.41) is 0. The molecule has 0 amide bonds. The Labute approximate surface area is 177 Å². The SMILES string of the molecule is CCCc1cnc(-c2cc3sc(C(C)C4CCC(CCC)CC4)cc3s2)nc1. The van der Waals surface area contributed by atoms with Crippen LogP contribution in [-0.2, 0) is 6.42 Å². The molecule has 1 aliphatic rings. The van der Waals surface area contributed by atoms with E-state index >= 15 is 0 Å². The highest BCUT2D eigenvalue weighted by atomic mass is 32.1. The van der Waals surface area contributed by atoms with Crippen LogP contribution in [0, 0.1) is 11.8 Å². The topological polar surface area (TPSA) is 25.8 Å². The predicted molar refractivity (Wildman–Crippen MR) is 123 cm³/mol. The summed E-state index contributed by atoms with van der Waals surface area (Å²) in [5.41, 5.74) is 1.23. The van der Waals surface area contributed by atoms with Crippen molar-refractivity contribution >= 4 is 32.1 Å². The lowest BCUT2D eigenvalue weighted by Gasteiger charge is -2.31. The minimum Gasteiger partial charge on any atom is -0.236 e. The van der Waals surface area contributed by atoms with Gasteiger partial charge in [-0.05, 0) is 54.7 Å². The van der Waals surface area contributed by atoms with Crippen molar-refractivity contribution in [3.8, 4) is 10.7 Å². The summed E-state index contributed by atoms with van der Waals surface area (Å²) in [5.74, 6) is 3.43. The number of nitrogens with zero attached hydrogens (tertiary/aromatic N) is 2. The zero-order chi connectivity index (χ0) is 19.5. The Morgan fingerprint density at radius 1 is 0.964 bits per heavy atom. The molecule has 1 fully saturated rings. The van der Waals surface area contributed by atoms with Crippen molar-refractivity contribution in [3.05, 3.63) is 35.0 Å². The molecule has 0 aliphatic heterocycles. The van der Waals surface area contributed by atoms with Gasteiger partial charge in [0.25, 0.3) is 0 Å². The first-order valence-corrected chi connectivity index (χ1v) is 12.7. The molecule has 1 atom stereocenters. The van der Waals surface area contributed by atoms with Gasteiger partial charge in [0, 0.05) is 26.7 Å². The number of thiophene rings is 2. The van der Waals surface area contributed by atoms with E-state index < -0.39 is 0 Å². The summed E-state index contributed by atoms with van der Waals surface area (Å²) >= 11 is 3.84. The van der Waals surface area contributed by atoms with E-state index in [1.807, 2.05) is 35.1 Å². The standard InChI is InChI=1S/C24H32N2S2/c1-4-6-17-8-10-19(11-9-17)16(3)20-12-21-22(27-20)13-23(28-21)24-25-14-18(7-5-2)15-26-24/h12-17,19H,4-11H2,1-3H3. The molecular formula is C24H32N2S2. The van der Waals surface area contributed by atoms with Gasteiger partial charge in [-0.3, -0.25) is 0 Å². The van der Waals surface area contributed by atoms with E-state index in [9.17, 15) is 0 Å². The fourth-order valence-electron chi connectivity index (χ4n) is 4.71. The van der Waals surface area contributed by atoms with Crippen molar-refractivity contribution in [2.24, 2.45) is 11.8 Å². The summed E-state index contributed by atoms with van der Waals surface area (Å²) in [6.45, 7) is 6.97. The number of hydrogen-bond acceptors (Lipinski definition) is 4. The highest BCUT2D eigenvalue weighted by Gasteiger charge is 2.27. The van der Waals surface area contributed by atoms with Gasteiger partial charge in [-0.15, -0.1) is 22.7 Å². The third kappa shape index (κ3) is 4.33. The van der Waals surface area contributed by atoms with Crippen molar-refractivity contribution in [1.82, 2.24) is 9.97 Å². The van der Waals surface area contributed by atoms with Gasteiger partial charge in [0.15, 0.2) is 5.82 Å². The first-order chi connectivity index (χ1) is 13.7. The highest BCUT2D eigenvalue weighted by molar-refractivity contribution is 7.29. The molecular weight excluding hydrogens is 380 g/mol. The van der Waals surface area contributed by atoms with Crippen LogP contribution in [0.5, 0.6) is 0 Å². The molecule has 0 spiro atoms. The van der Waals surface area contributed by atoms with Gasteiger partial charge >= 0.3 is 0 Å². The Bertz CT molecular complexity index is 854. The second kappa shape index (κ2) is 9.04. The third-order valence-corrected chi connectivity index (χ3v) is 8.92. The predicted octanol–water partition coefficient (Wildman–Crippen LogP) is 8.08.